The maximum absolute atomic E-state index is 10.6. The van der Waals surface area contributed by atoms with Crippen LogP contribution in [0, 0.1) is 11.8 Å². The zero-order chi connectivity index (χ0) is 9.60. The smallest absolute Gasteiger partial charge is 0.0960 e. The molecule has 1 aromatic rings. The maximum Gasteiger partial charge on any atom is 0.0960 e. The molecule has 14 heavy (non-hydrogen) atoms. The summed E-state index contributed by atoms with van der Waals surface area (Å²) < 4.78 is 0. The van der Waals surface area contributed by atoms with Crippen LogP contribution < -0.4 is 0 Å². The topological polar surface area (TPSA) is 20.2 Å². The van der Waals surface area contributed by atoms with Crippen LogP contribution in [0.2, 0.25) is 0 Å². The molecule has 0 aliphatic heterocycles. The largest absolute Gasteiger partial charge is 0.385 e. The summed E-state index contributed by atoms with van der Waals surface area (Å²) in [7, 11) is 0. The van der Waals surface area contributed by atoms with Gasteiger partial charge in [-0.1, -0.05) is 43.2 Å². The first-order chi connectivity index (χ1) is 6.83. The first-order valence-electron chi connectivity index (χ1n) is 5.61. The first kappa shape index (κ1) is 8.49. The molecule has 0 bridgehead atoms. The van der Waals surface area contributed by atoms with E-state index < -0.39 is 5.60 Å². The van der Waals surface area contributed by atoms with Crippen molar-refractivity contribution in [1.29, 1.82) is 0 Å². The van der Waals surface area contributed by atoms with Crippen LogP contribution in [0.4, 0.5) is 0 Å². The van der Waals surface area contributed by atoms with Gasteiger partial charge in [-0.3, -0.25) is 0 Å². The van der Waals surface area contributed by atoms with E-state index in [0.717, 1.165) is 5.56 Å². The van der Waals surface area contributed by atoms with Crippen molar-refractivity contribution in [2.45, 2.75) is 31.3 Å². The second-order valence-electron chi connectivity index (χ2n) is 4.69. The third kappa shape index (κ3) is 0.992. The first-order valence-corrected chi connectivity index (χ1v) is 5.61. The van der Waals surface area contributed by atoms with Crippen molar-refractivity contribution >= 4 is 0 Å². The van der Waals surface area contributed by atoms with Crippen LogP contribution in [0.3, 0.4) is 0 Å². The average Bonchev–Trinajstić information content (AvgIpc) is 2.89. The Balaban J connectivity index is 1.92. The zero-order valence-corrected chi connectivity index (χ0v) is 8.32. The van der Waals surface area contributed by atoms with Crippen molar-refractivity contribution in [2.24, 2.45) is 11.8 Å². The van der Waals surface area contributed by atoms with Crippen LogP contribution in [-0.2, 0) is 5.60 Å². The predicted molar refractivity (Wildman–Crippen MR) is 55.8 cm³/mol. The summed E-state index contributed by atoms with van der Waals surface area (Å²) in [4.78, 5) is 0. The molecule has 1 N–H and O–H groups in total. The highest BCUT2D eigenvalue weighted by atomic mass is 16.3. The van der Waals surface area contributed by atoms with E-state index in [-0.39, 0.29) is 0 Å². The summed E-state index contributed by atoms with van der Waals surface area (Å²) in [6.45, 7) is 0. The molecule has 2 aliphatic rings. The number of benzene rings is 1. The minimum Gasteiger partial charge on any atom is -0.385 e. The van der Waals surface area contributed by atoms with E-state index in [9.17, 15) is 5.11 Å². The van der Waals surface area contributed by atoms with Gasteiger partial charge in [-0.15, -0.1) is 0 Å². The van der Waals surface area contributed by atoms with Crippen LogP contribution in [0.15, 0.2) is 30.3 Å². The molecule has 0 spiro atoms. The SMILES string of the molecule is OC1(c2ccccc2)C2CCCCC21. The fraction of sp³-hybridized carbons (Fsp3) is 0.538. The number of aliphatic hydroxyl groups is 1. The van der Waals surface area contributed by atoms with E-state index >= 15 is 0 Å². The quantitative estimate of drug-likeness (QED) is 0.718. The van der Waals surface area contributed by atoms with E-state index in [1.165, 1.54) is 25.7 Å². The van der Waals surface area contributed by atoms with Gasteiger partial charge >= 0.3 is 0 Å². The lowest BCUT2D eigenvalue weighted by atomic mass is 10.0. The van der Waals surface area contributed by atoms with Crippen molar-refractivity contribution in [2.75, 3.05) is 0 Å². The maximum atomic E-state index is 10.6. The van der Waals surface area contributed by atoms with Gasteiger partial charge in [0.2, 0.25) is 0 Å². The van der Waals surface area contributed by atoms with Gasteiger partial charge in [0.25, 0.3) is 0 Å². The van der Waals surface area contributed by atoms with Gasteiger partial charge in [0.15, 0.2) is 0 Å². The number of hydrogen-bond acceptors (Lipinski definition) is 1. The third-order valence-corrected chi connectivity index (χ3v) is 4.02. The van der Waals surface area contributed by atoms with Gasteiger partial charge in [-0.05, 0) is 30.2 Å². The van der Waals surface area contributed by atoms with Gasteiger partial charge in [0.1, 0.15) is 0 Å². The van der Waals surface area contributed by atoms with Gasteiger partial charge in [-0.25, -0.2) is 0 Å². The lowest BCUT2D eigenvalue weighted by molar-refractivity contribution is 0.118. The molecule has 3 rings (SSSR count). The second kappa shape index (κ2) is 2.83. The number of rotatable bonds is 1. The Labute approximate surface area is 84.8 Å². The molecule has 74 valence electrons. The van der Waals surface area contributed by atoms with Crippen LogP contribution in [-0.4, -0.2) is 5.11 Å². The van der Waals surface area contributed by atoms with Crippen molar-refractivity contribution in [3.8, 4) is 0 Å². The monoisotopic (exact) mass is 188 g/mol. The van der Waals surface area contributed by atoms with Gasteiger partial charge < -0.3 is 5.11 Å². The highest BCUT2D eigenvalue weighted by molar-refractivity contribution is 5.32. The molecule has 1 nitrogen and oxygen atoms in total. The minimum atomic E-state index is -0.461. The van der Waals surface area contributed by atoms with E-state index in [1.54, 1.807) is 0 Å². The Hall–Kier alpha value is -0.820. The zero-order valence-electron chi connectivity index (χ0n) is 8.32. The minimum absolute atomic E-state index is 0.461. The summed E-state index contributed by atoms with van der Waals surface area (Å²) in [5.74, 6) is 1.11. The van der Waals surface area contributed by atoms with Crippen molar-refractivity contribution < 1.29 is 5.11 Å². The van der Waals surface area contributed by atoms with E-state index in [1.807, 2.05) is 18.2 Å². The molecule has 2 fully saturated rings. The normalized spacial score (nSPS) is 40.4. The molecule has 2 saturated carbocycles. The molecule has 0 heterocycles. The molecule has 0 radical (unpaired) electrons. The molecule has 0 saturated heterocycles. The molecule has 1 heteroatoms. The Bertz CT molecular complexity index is 318. The predicted octanol–water partition coefficient (Wildman–Crippen LogP) is 2.69. The molecule has 0 amide bonds. The Morgan fingerprint density at radius 3 is 2.14 bits per heavy atom. The standard InChI is InChI=1S/C13H16O/c14-13(10-6-2-1-3-7-10)11-8-4-5-9-12(11)13/h1-3,6-7,11-12,14H,4-5,8-9H2. The Kier molecular flexibility index (Phi) is 1.72. The molecule has 2 atom stereocenters. The fourth-order valence-electron chi connectivity index (χ4n) is 3.23. The van der Waals surface area contributed by atoms with Gasteiger partial charge in [0, 0.05) is 0 Å². The number of fused-ring (bicyclic) bond motifs is 1. The Morgan fingerprint density at radius 2 is 1.57 bits per heavy atom. The molecule has 2 aliphatic carbocycles. The summed E-state index contributed by atoms with van der Waals surface area (Å²) >= 11 is 0. The van der Waals surface area contributed by atoms with Crippen LogP contribution in [0.25, 0.3) is 0 Å². The fourth-order valence-corrected chi connectivity index (χ4v) is 3.23. The van der Waals surface area contributed by atoms with Crippen molar-refractivity contribution in [3.05, 3.63) is 35.9 Å². The average molecular weight is 188 g/mol. The lowest BCUT2D eigenvalue weighted by Crippen LogP contribution is -2.09. The Morgan fingerprint density at radius 1 is 1.00 bits per heavy atom. The van der Waals surface area contributed by atoms with Crippen LogP contribution in [0.5, 0.6) is 0 Å². The molecule has 2 unspecified atom stereocenters. The summed E-state index contributed by atoms with van der Waals surface area (Å²) in [6.07, 6.45) is 5.04. The van der Waals surface area contributed by atoms with E-state index in [0.29, 0.717) is 11.8 Å². The lowest BCUT2D eigenvalue weighted by Gasteiger charge is -2.10. The molecular weight excluding hydrogens is 172 g/mol. The highest BCUT2D eigenvalue weighted by Crippen LogP contribution is 2.64. The summed E-state index contributed by atoms with van der Waals surface area (Å²) in [6, 6.07) is 10.2. The van der Waals surface area contributed by atoms with E-state index in [4.69, 9.17) is 0 Å². The van der Waals surface area contributed by atoms with Crippen LogP contribution >= 0.6 is 0 Å². The van der Waals surface area contributed by atoms with Crippen molar-refractivity contribution in [1.82, 2.24) is 0 Å². The third-order valence-electron chi connectivity index (χ3n) is 4.02. The number of hydrogen-bond donors (Lipinski definition) is 1. The van der Waals surface area contributed by atoms with Crippen LogP contribution in [0.1, 0.15) is 31.2 Å². The molecular formula is C13H16O. The van der Waals surface area contributed by atoms with Gasteiger partial charge in [-0.2, -0.15) is 0 Å². The highest BCUT2D eigenvalue weighted by Gasteiger charge is 2.64. The summed E-state index contributed by atoms with van der Waals surface area (Å²) in [5, 5.41) is 10.6. The van der Waals surface area contributed by atoms with Crippen molar-refractivity contribution in [3.63, 3.8) is 0 Å². The second-order valence-corrected chi connectivity index (χ2v) is 4.69. The van der Waals surface area contributed by atoms with Gasteiger partial charge in [0.05, 0.1) is 5.60 Å². The molecule has 1 aromatic carbocycles. The van der Waals surface area contributed by atoms with E-state index in [2.05, 4.69) is 12.1 Å². The summed E-state index contributed by atoms with van der Waals surface area (Å²) in [5.41, 5.74) is 0.675. The molecule has 0 aromatic heterocycles.